The SMILES string of the molecule is Cc1cccc(CCNc2cc([N+](=O)[O-])cc(N)n2)c1. The number of nitrogen functional groups attached to an aromatic ring is 1. The van der Waals surface area contributed by atoms with Crippen molar-refractivity contribution in [2.45, 2.75) is 13.3 Å². The molecule has 0 aliphatic rings. The molecule has 0 aliphatic carbocycles. The van der Waals surface area contributed by atoms with E-state index in [1.165, 1.54) is 23.3 Å². The van der Waals surface area contributed by atoms with Crippen LogP contribution in [0.5, 0.6) is 0 Å². The lowest BCUT2D eigenvalue weighted by Gasteiger charge is -2.07. The van der Waals surface area contributed by atoms with Crippen molar-refractivity contribution in [2.24, 2.45) is 0 Å². The Morgan fingerprint density at radius 3 is 2.85 bits per heavy atom. The van der Waals surface area contributed by atoms with Crippen LogP contribution in [0.15, 0.2) is 36.4 Å². The molecule has 6 heteroatoms. The summed E-state index contributed by atoms with van der Waals surface area (Å²) < 4.78 is 0. The molecule has 0 aliphatic heterocycles. The standard InChI is InChI=1S/C14H16N4O2/c1-10-3-2-4-11(7-10)5-6-16-14-9-12(18(19)20)8-13(15)17-14/h2-4,7-9H,5-6H2,1H3,(H3,15,16,17). The summed E-state index contributed by atoms with van der Waals surface area (Å²) in [6, 6.07) is 10.8. The van der Waals surface area contributed by atoms with E-state index in [1.807, 2.05) is 25.1 Å². The molecule has 2 rings (SSSR count). The first kappa shape index (κ1) is 13.8. The van der Waals surface area contributed by atoms with Crippen LogP contribution in [0.25, 0.3) is 0 Å². The number of pyridine rings is 1. The summed E-state index contributed by atoms with van der Waals surface area (Å²) in [6.45, 7) is 2.68. The van der Waals surface area contributed by atoms with Gasteiger partial charge in [-0.3, -0.25) is 10.1 Å². The fraction of sp³-hybridized carbons (Fsp3) is 0.214. The van der Waals surface area contributed by atoms with Crippen LogP contribution >= 0.6 is 0 Å². The highest BCUT2D eigenvalue weighted by Crippen LogP contribution is 2.18. The summed E-state index contributed by atoms with van der Waals surface area (Å²) in [5.74, 6) is 0.557. The van der Waals surface area contributed by atoms with E-state index in [0.717, 1.165) is 6.42 Å². The van der Waals surface area contributed by atoms with Crippen molar-refractivity contribution in [2.75, 3.05) is 17.6 Å². The monoisotopic (exact) mass is 272 g/mol. The first-order chi connectivity index (χ1) is 9.54. The molecule has 0 bridgehead atoms. The number of nitrogens with one attached hydrogen (secondary N) is 1. The van der Waals surface area contributed by atoms with Gasteiger partial charge in [0.05, 0.1) is 17.1 Å². The van der Waals surface area contributed by atoms with Gasteiger partial charge in [-0.2, -0.15) is 0 Å². The average molecular weight is 272 g/mol. The summed E-state index contributed by atoms with van der Waals surface area (Å²) >= 11 is 0. The Bertz CT molecular complexity index is 628. The van der Waals surface area contributed by atoms with Crippen LogP contribution in [0.2, 0.25) is 0 Å². The summed E-state index contributed by atoms with van der Waals surface area (Å²) in [6.07, 6.45) is 0.811. The van der Waals surface area contributed by atoms with E-state index in [4.69, 9.17) is 5.73 Å². The molecule has 0 atom stereocenters. The van der Waals surface area contributed by atoms with Gasteiger partial charge in [-0.05, 0) is 18.9 Å². The zero-order chi connectivity index (χ0) is 14.5. The molecule has 1 aromatic heterocycles. The van der Waals surface area contributed by atoms with E-state index in [0.29, 0.717) is 12.4 Å². The van der Waals surface area contributed by atoms with Crippen molar-refractivity contribution in [3.8, 4) is 0 Å². The molecule has 3 N–H and O–H groups in total. The summed E-state index contributed by atoms with van der Waals surface area (Å²) in [7, 11) is 0. The number of hydrogen-bond donors (Lipinski definition) is 2. The van der Waals surface area contributed by atoms with E-state index in [1.54, 1.807) is 0 Å². The van der Waals surface area contributed by atoms with Crippen molar-refractivity contribution >= 4 is 17.3 Å². The van der Waals surface area contributed by atoms with E-state index in [9.17, 15) is 10.1 Å². The average Bonchev–Trinajstić information content (AvgIpc) is 2.38. The van der Waals surface area contributed by atoms with Gasteiger partial charge >= 0.3 is 0 Å². The third-order valence-corrected chi connectivity index (χ3v) is 2.84. The molecule has 2 aromatic rings. The number of nitrogens with zero attached hydrogens (tertiary/aromatic N) is 2. The van der Waals surface area contributed by atoms with Crippen LogP contribution < -0.4 is 11.1 Å². The predicted molar refractivity (Wildman–Crippen MR) is 78.7 cm³/mol. The highest BCUT2D eigenvalue weighted by atomic mass is 16.6. The normalized spacial score (nSPS) is 10.2. The maximum Gasteiger partial charge on any atom is 0.276 e. The van der Waals surface area contributed by atoms with E-state index in [-0.39, 0.29) is 11.5 Å². The molecule has 20 heavy (non-hydrogen) atoms. The second-order valence-electron chi connectivity index (χ2n) is 4.56. The van der Waals surface area contributed by atoms with Gasteiger partial charge in [0.15, 0.2) is 0 Å². The third-order valence-electron chi connectivity index (χ3n) is 2.84. The van der Waals surface area contributed by atoms with E-state index >= 15 is 0 Å². The summed E-state index contributed by atoms with van der Waals surface area (Å²) in [4.78, 5) is 14.3. The zero-order valence-electron chi connectivity index (χ0n) is 11.2. The molecule has 0 fully saturated rings. The number of nitrogens with two attached hydrogens (primary N) is 1. The first-order valence-electron chi connectivity index (χ1n) is 6.26. The smallest absolute Gasteiger partial charge is 0.276 e. The summed E-state index contributed by atoms with van der Waals surface area (Å²) in [5.41, 5.74) is 7.90. The number of hydrogen-bond acceptors (Lipinski definition) is 5. The lowest BCUT2D eigenvalue weighted by atomic mass is 10.1. The predicted octanol–water partition coefficient (Wildman–Crippen LogP) is 2.54. The Hall–Kier alpha value is -2.63. The second kappa shape index (κ2) is 6.01. The van der Waals surface area contributed by atoms with Gasteiger partial charge in [0.25, 0.3) is 5.69 Å². The van der Waals surface area contributed by atoms with Crippen LogP contribution in [-0.4, -0.2) is 16.5 Å². The molecule has 0 amide bonds. The van der Waals surface area contributed by atoms with Crippen molar-refractivity contribution in [1.29, 1.82) is 0 Å². The molecule has 104 valence electrons. The van der Waals surface area contributed by atoms with Gasteiger partial charge < -0.3 is 11.1 Å². The molecule has 0 spiro atoms. The minimum Gasteiger partial charge on any atom is -0.383 e. The molecule has 0 saturated heterocycles. The van der Waals surface area contributed by atoms with Gasteiger partial charge in [-0.15, -0.1) is 0 Å². The number of aromatic nitrogens is 1. The maximum atomic E-state index is 10.7. The minimum absolute atomic E-state index is 0.0597. The minimum atomic E-state index is -0.482. The van der Waals surface area contributed by atoms with Crippen LogP contribution in [0.3, 0.4) is 0 Å². The highest BCUT2D eigenvalue weighted by molar-refractivity contribution is 5.52. The Morgan fingerprint density at radius 1 is 1.35 bits per heavy atom. The van der Waals surface area contributed by atoms with Gasteiger partial charge in [-0.25, -0.2) is 4.98 Å². The molecule has 0 unspecified atom stereocenters. The Morgan fingerprint density at radius 2 is 2.15 bits per heavy atom. The summed E-state index contributed by atoms with van der Waals surface area (Å²) in [5, 5.41) is 13.8. The van der Waals surface area contributed by atoms with Gasteiger partial charge in [0.1, 0.15) is 11.6 Å². The van der Waals surface area contributed by atoms with E-state index < -0.39 is 4.92 Å². The van der Waals surface area contributed by atoms with E-state index in [2.05, 4.69) is 16.4 Å². The highest BCUT2D eigenvalue weighted by Gasteiger charge is 2.09. The molecule has 1 heterocycles. The number of benzene rings is 1. The molecule has 0 saturated carbocycles. The van der Waals surface area contributed by atoms with Crippen molar-refractivity contribution in [3.63, 3.8) is 0 Å². The van der Waals surface area contributed by atoms with Crippen LogP contribution in [0.4, 0.5) is 17.3 Å². The van der Waals surface area contributed by atoms with Crippen LogP contribution in [-0.2, 0) is 6.42 Å². The molecule has 1 aromatic carbocycles. The Kier molecular flexibility index (Phi) is 4.14. The largest absolute Gasteiger partial charge is 0.383 e. The lowest BCUT2D eigenvalue weighted by molar-refractivity contribution is -0.384. The zero-order valence-corrected chi connectivity index (χ0v) is 11.2. The second-order valence-corrected chi connectivity index (χ2v) is 4.56. The Labute approximate surface area is 116 Å². The number of rotatable bonds is 5. The quantitative estimate of drug-likeness (QED) is 0.644. The van der Waals surface area contributed by atoms with Gasteiger partial charge in [0.2, 0.25) is 0 Å². The maximum absolute atomic E-state index is 10.7. The lowest BCUT2D eigenvalue weighted by Crippen LogP contribution is -2.08. The number of nitro groups is 1. The first-order valence-corrected chi connectivity index (χ1v) is 6.26. The van der Waals surface area contributed by atoms with Crippen LogP contribution in [0.1, 0.15) is 11.1 Å². The molecule has 0 radical (unpaired) electrons. The van der Waals surface area contributed by atoms with Gasteiger partial charge in [-0.1, -0.05) is 29.8 Å². The fourth-order valence-corrected chi connectivity index (χ4v) is 1.94. The van der Waals surface area contributed by atoms with Gasteiger partial charge in [0, 0.05) is 6.54 Å². The van der Waals surface area contributed by atoms with Crippen molar-refractivity contribution in [1.82, 2.24) is 4.98 Å². The fourth-order valence-electron chi connectivity index (χ4n) is 1.94. The van der Waals surface area contributed by atoms with Crippen molar-refractivity contribution < 1.29 is 4.92 Å². The van der Waals surface area contributed by atoms with Crippen molar-refractivity contribution in [3.05, 3.63) is 57.6 Å². The third kappa shape index (κ3) is 3.68. The number of anilines is 2. The molecular weight excluding hydrogens is 256 g/mol. The molecule has 6 nitrogen and oxygen atoms in total. The van der Waals surface area contributed by atoms with Crippen LogP contribution in [0, 0.1) is 17.0 Å². The number of aryl methyl sites for hydroxylation is 1. The molecular formula is C14H16N4O2. The Balaban J connectivity index is 1.99. The topological polar surface area (TPSA) is 94.1 Å².